The number of carbonyl (C=O) groups excluding carboxylic acids is 2. The van der Waals surface area contributed by atoms with Crippen LogP contribution in [0.25, 0.3) is 11.0 Å². The van der Waals surface area contributed by atoms with E-state index in [1.54, 1.807) is 49.3 Å². The van der Waals surface area contributed by atoms with Crippen LogP contribution in [0.5, 0.6) is 0 Å². The molecule has 2 aromatic carbocycles. The number of rotatable bonds is 5. The van der Waals surface area contributed by atoms with Crippen LogP contribution in [0.3, 0.4) is 0 Å². The van der Waals surface area contributed by atoms with Gasteiger partial charge in [0.15, 0.2) is 0 Å². The molecule has 0 unspecified atom stereocenters. The van der Waals surface area contributed by atoms with E-state index in [0.29, 0.717) is 54.4 Å². The Balaban J connectivity index is 1.33. The fraction of sp³-hybridized carbons (Fsp3) is 0.286. The van der Waals surface area contributed by atoms with Crippen LogP contribution in [0.2, 0.25) is 0 Å². The number of fused-ring (bicyclic) bond motifs is 1. The van der Waals surface area contributed by atoms with Gasteiger partial charge in [-0.05, 0) is 55.9 Å². The quantitative estimate of drug-likeness (QED) is 0.315. The van der Waals surface area contributed by atoms with Crippen LogP contribution < -0.4 is 20.4 Å². The Morgan fingerprint density at radius 1 is 1.00 bits per heavy atom. The number of hydrogen-bond donors (Lipinski definition) is 3. The standard InChI is InChI=1S/C28H29F3N8O2/c1-17-4-6-19(15-22(17)36-27(41)38(3)25-20-8-9-32-24(20)33-16-34-25)35-26(40)18-5-7-23(21(14-18)28(29,30)31)39-12-10-37(2)11-13-39/h4-9,14-16H,10-13H2,1-3H3,(H,35,40)(H,36,41)(H,32,33,34). The Kier molecular flexibility index (Phi) is 7.54. The maximum Gasteiger partial charge on any atom is 0.418 e. The van der Waals surface area contributed by atoms with Crippen molar-refractivity contribution in [3.05, 3.63) is 71.7 Å². The third-order valence-electron chi connectivity index (χ3n) is 7.10. The number of benzene rings is 2. The number of carbonyl (C=O) groups is 2. The van der Waals surface area contributed by atoms with Crippen LogP contribution in [0.15, 0.2) is 55.0 Å². The Morgan fingerprint density at radius 3 is 2.49 bits per heavy atom. The molecule has 4 aromatic rings. The lowest BCUT2D eigenvalue weighted by molar-refractivity contribution is -0.137. The van der Waals surface area contributed by atoms with Gasteiger partial charge in [-0.25, -0.2) is 14.8 Å². The van der Waals surface area contributed by atoms with Crippen molar-refractivity contribution in [2.45, 2.75) is 13.1 Å². The molecule has 0 saturated carbocycles. The first-order valence-electron chi connectivity index (χ1n) is 12.9. The summed E-state index contributed by atoms with van der Waals surface area (Å²) in [6, 6.07) is 9.78. The highest BCUT2D eigenvalue weighted by atomic mass is 19.4. The highest BCUT2D eigenvalue weighted by Gasteiger charge is 2.36. The van der Waals surface area contributed by atoms with Crippen molar-refractivity contribution in [2.75, 3.05) is 60.7 Å². The normalized spacial score (nSPS) is 14.2. The monoisotopic (exact) mass is 566 g/mol. The molecule has 1 saturated heterocycles. The SMILES string of the molecule is Cc1ccc(NC(=O)c2ccc(N3CCN(C)CC3)c(C(F)(F)F)c2)cc1NC(=O)N(C)c1ncnc2[nH]ccc12. The number of urea groups is 1. The van der Waals surface area contributed by atoms with Gasteiger partial charge in [-0.15, -0.1) is 0 Å². The molecule has 3 heterocycles. The van der Waals surface area contributed by atoms with Crippen molar-refractivity contribution in [3.8, 4) is 0 Å². The van der Waals surface area contributed by atoms with Crippen LogP contribution in [0, 0.1) is 6.92 Å². The average Bonchev–Trinajstić information content (AvgIpc) is 3.43. The van der Waals surface area contributed by atoms with Gasteiger partial charge in [-0.1, -0.05) is 6.07 Å². The second-order valence-corrected chi connectivity index (χ2v) is 9.93. The van der Waals surface area contributed by atoms with Crippen molar-refractivity contribution in [1.82, 2.24) is 19.9 Å². The van der Waals surface area contributed by atoms with E-state index in [0.717, 1.165) is 11.6 Å². The summed E-state index contributed by atoms with van der Waals surface area (Å²) in [6.45, 7) is 4.01. The first kappa shape index (κ1) is 27.9. The zero-order valence-electron chi connectivity index (χ0n) is 22.7. The van der Waals surface area contributed by atoms with Crippen molar-refractivity contribution < 1.29 is 22.8 Å². The summed E-state index contributed by atoms with van der Waals surface area (Å²) in [5.41, 5.74) is 1.12. The van der Waals surface area contributed by atoms with Crippen LogP contribution >= 0.6 is 0 Å². The molecule has 214 valence electrons. The average molecular weight is 567 g/mol. The third-order valence-corrected chi connectivity index (χ3v) is 7.10. The fourth-order valence-electron chi connectivity index (χ4n) is 4.69. The zero-order valence-corrected chi connectivity index (χ0v) is 22.7. The maximum absolute atomic E-state index is 14.0. The van der Waals surface area contributed by atoms with Gasteiger partial charge < -0.3 is 25.4 Å². The lowest BCUT2D eigenvalue weighted by atomic mass is 10.1. The minimum absolute atomic E-state index is 0.0622. The number of piperazine rings is 1. The van der Waals surface area contributed by atoms with Gasteiger partial charge in [-0.3, -0.25) is 9.69 Å². The van der Waals surface area contributed by atoms with Crippen molar-refractivity contribution in [1.29, 1.82) is 0 Å². The predicted octanol–water partition coefficient (Wildman–Crippen LogP) is 4.96. The summed E-state index contributed by atoms with van der Waals surface area (Å²) < 4.78 is 42.0. The number of alkyl halides is 3. The number of anilines is 4. The van der Waals surface area contributed by atoms with Gasteiger partial charge in [0.25, 0.3) is 5.91 Å². The number of nitrogens with zero attached hydrogens (tertiary/aromatic N) is 5. The number of H-pyrrole nitrogens is 1. The summed E-state index contributed by atoms with van der Waals surface area (Å²) in [4.78, 5) is 42.5. The maximum atomic E-state index is 14.0. The largest absolute Gasteiger partial charge is 0.418 e. The molecular weight excluding hydrogens is 537 g/mol. The van der Waals surface area contributed by atoms with E-state index < -0.39 is 23.7 Å². The van der Waals surface area contributed by atoms with Crippen LogP contribution in [-0.2, 0) is 6.18 Å². The Bertz CT molecular complexity index is 1600. The number of halogens is 3. The predicted molar refractivity (Wildman–Crippen MR) is 152 cm³/mol. The Hall–Kier alpha value is -4.65. The summed E-state index contributed by atoms with van der Waals surface area (Å²) in [6.07, 6.45) is -1.58. The summed E-state index contributed by atoms with van der Waals surface area (Å²) in [5, 5.41) is 6.12. The molecule has 5 rings (SSSR count). The van der Waals surface area contributed by atoms with Crippen molar-refractivity contribution >= 4 is 45.9 Å². The number of aromatic amines is 1. The molecule has 10 nitrogen and oxygen atoms in total. The number of likely N-dealkylation sites (N-methyl/N-ethyl adjacent to an activating group) is 1. The van der Waals surface area contributed by atoms with E-state index in [2.05, 4.69) is 30.5 Å². The first-order valence-corrected chi connectivity index (χ1v) is 12.9. The summed E-state index contributed by atoms with van der Waals surface area (Å²) >= 11 is 0. The molecule has 1 fully saturated rings. The first-order chi connectivity index (χ1) is 19.5. The molecule has 0 radical (unpaired) electrons. The Morgan fingerprint density at radius 2 is 1.76 bits per heavy atom. The van der Waals surface area contributed by atoms with Gasteiger partial charge in [0.05, 0.1) is 10.9 Å². The molecule has 13 heteroatoms. The van der Waals surface area contributed by atoms with E-state index in [-0.39, 0.29) is 11.3 Å². The van der Waals surface area contributed by atoms with Gasteiger partial charge in [-0.2, -0.15) is 13.2 Å². The molecule has 3 amide bonds. The molecule has 0 aliphatic carbocycles. The lowest BCUT2D eigenvalue weighted by Crippen LogP contribution is -2.45. The number of aryl methyl sites for hydroxylation is 1. The molecule has 0 bridgehead atoms. The Labute approximate surface area is 234 Å². The molecule has 2 aromatic heterocycles. The second-order valence-electron chi connectivity index (χ2n) is 9.93. The number of nitrogens with one attached hydrogen (secondary N) is 3. The number of aromatic nitrogens is 3. The molecule has 0 spiro atoms. The number of amides is 3. The van der Waals surface area contributed by atoms with E-state index in [9.17, 15) is 22.8 Å². The minimum Gasteiger partial charge on any atom is -0.368 e. The van der Waals surface area contributed by atoms with E-state index in [1.807, 2.05) is 7.05 Å². The van der Waals surface area contributed by atoms with Crippen LogP contribution in [-0.4, -0.2) is 72.1 Å². The summed E-state index contributed by atoms with van der Waals surface area (Å²) in [5.74, 6) is -0.300. The highest BCUT2D eigenvalue weighted by Crippen LogP contribution is 2.38. The van der Waals surface area contributed by atoms with Gasteiger partial charge in [0.2, 0.25) is 0 Å². The second kappa shape index (κ2) is 11.1. The molecule has 41 heavy (non-hydrogen) atoms. The van der Waals surface area contributed by atoms with Crippen LogP contribution in [0.1, 0.15) is 21.5 Å². The molecular formula is C28H29F3N8O2. The summed E-state index contributed by atoms with van der Waals surface area (Å²) in [7, 11) is 3.49. The topological polar surface area (TPSA) is 109 Å². The van der Waals surface area contributed by atoms with Crippen LogP contribution in [0.4, 0.5) is 40.8 Å². The molecule has 0 atom stereocenters. The lowest BCUT2D eigenvalue weighted by Gasteiger charge is -2.35. The smallest absolute Gasteiger partial charge is 0.368 e. The highest BCUT2D eigenvalue weighted by molar-refractivity contribution is 6.07. The zero-order chi connectivity index (χ0) is 29.3. The minimum atomic E-state index is -4.63. The molecule has 1 aliphatic heterocycles. The van der Waals surface area contributed by atoms with Gasteiger partial charge in [0, 0.05) is 62.0 Å². The number of hydrogen-bond acceptors (Lipinski definition) is 6. The van der Waals surface area contributed by atoms with E-state index >= 15 is 0 Å². The van der Waals surface area contributed by atoms with E-state index in [1.165, 1.54) is 23.4 Å². The third kappa shape index (κ3) is 5.94. The van der Waals surface area contributed by atoms with Crippen molar-refractivity contribution in [2.24, 2.45) is 0 Å². The molecule has 1 aliphatic rings. The van der Waals surface area contributed by atoms with Gasteiger partial charge in [0.1, 0.15) is 17.8 Å². The van der Waals surface area contributed by atoms with Gasteiger partial charge >= 0.3 is 12.2 Å². The van der Waals surface area contributed by atoms with Crippen molar-refractivity contribution in [3.63, 3.8) is 0 Å². The van der Waals surface area contributed by atoms with E-state index in [4.69, 9.17) is 0 Å². The fourth-order valence-corrected chi connectivity index (χ4v) is 4.69. The molecule has 3 N–H and O–H groups in total.